The molecule has 0 fully saturated rings. The molecule has 4 N–H and O–H groups in total. The van der Waals surface area contributed by atoms with Crippen molar-refractivity contribution < 1.29 is 14.7 Å². The van der Waals surface area contributed by atoms with Crippen LogP contribution in [-0.2, 0) is 9.59 Å². The van der Waals surface area contributed by atoms with E-state index >= 15 is 0 Å². The van der Waals surface area contributed by atoms with Gasteiger partial charge in [0.25, 0.3) is 0 Å². The first-order chi connectivity index (χ1) is 5.65. The van der Waals surface area contributed by atoms with E-state index < -0.39 is 24.6 Å². The molecule has 5 nitrogen and oxygen atoms in total. The monoisotopic (exact) mass is 191 g/mol. The molecule has 1 radical (unpaired) electrons. The highest BCUT2D eigenvalue weighted by molar-refractivity contribution is 7.80. The Morgan fingerprint density at radius 1 is 1.75 bits per heavy atom. The fourth-order valence-electron chi connectivity index (χ4n) is 0.474. The average molecular weight is 191 g/mol. The first kappa shape index (κ1) is 11.4. The van der Waals surface area contributed by atoms with Crippen LogP contribution in [0.25, 0.3) is 0 Å². The third-order valence-corrected chi connectivity index (χ3v) is 1.57. The Hall–Kier alpha value is -0.590. The van der Waals surface area contributed by atoms with E-state index in [9.17, 15) is 9.59 Å². The first-order valence-corrected chi connectivity index (χ1v) is 3.94. The second-order valence-corrected chi connectivity index (χ2v) is 2.52. The smallest absolute Gasteiger partial charge is 0.238 e. The Morgan fingerprint density at radius 3 is 2.67 bits per heavy atom. The van der Waals surface area contributed by atoms with E-state index in [-0.39, 0.29) is 5.75 Å². The lowest BCUT2D eigenvalue weighted by molar-refractivity contribution is -0.122. The van der Waals surface area contributed by atoms with Crippen LogP contribution in [0.15, 0.2) is 0 Å². The molecule has 0 unspecified atom stereocenters. The van der Waals surface area contributed by atoms with Crippen molar-refractivity contribution in [3.63, 3.8) is 0 Å². The van der Waals surface area contributed by atoms with Crippen LogP contribution in [0.5, 0.6) is 0 Å². The van der Waals surface area contributed by atoms with Crippen LogP contribution >= 0.6 is 12.6 Å². The first-order valence-electron chi connectivity index (χ1n) is 3.31. The summed E-state index contributed by atoms with van der Waals surface area (Å²) in [5.41, 5.74) is 5.27. The quantitative estimate of drug-likeness (QED) is 0.372. The van der Waals surface area contributed by atoms with Gasteiger partial charge in [-0.3, -0.25) is 9.59 Å². The summed E-state index contributed by atoms with van der Waals surface area (Å²) in [4.78, 5) is 21.0. The Kier molecular flexibility index (Phi) is 5.69. The number of nitrogens with one attached hydrogen (secondary N) is 1. The maximum absolute atomic E-state index is 10.9. The van der Waals surface area contributed by atoms with Crippen LogP contribution < -0.4 is 11.1 Å². The van der Waals surface area contributed by atoms with Gasteiger partial charge in [-0.1, -0.05) is 0 Å². The van der Waals surface area contributed by atoms with Crippen molar-refractivity contribution in [1.29, 1.82) is 0 Å². The van der Waals surface area contributed by atoms with Crippen molar-refractivity contribution in [2.24, 2.45) is 5.73 Å². The second-order valence-electron chi connectivity index (χ2n) is 2.15. The molecule has 0 aromatic heterocycles. The molecule has 6 heteroatoms. The van der Waals surface area contributed by atoms with Gasteiger partial charge in [-0.15, -0.1) is 0 Å². The zero-order chi connectivity index (χ0) is 9.56. The van der Waals surface area contributed by atoms with Crippen LogP contribution in [0.2, 0.25) is 0 Å². The van der Waals surface area contributed by atoms with Gasteiger partial charge in [0, 0.05) is 5.75 Å². The maximum Gasteiger partial charge on any atom is 0.238 e. The molecular formula is C6H11N2O3S. The molecule has 0 rings (SSSR count). The zero-order valence-electron chi connectivity index (χ0n) is 6.36. The summed E-state index contributed by atoms with van der Waals surface area (Å²) in [5.74, 6) is -0.338. The number of carbonyl (C=O) groups is 1. The lowest BCUT2D eigenvalue weighted by Crippen LogP contribution is -2.48. The van der Waals surface area contributed by atoms with Gasteiger partial charge in [0.15, 0.2) is 0 Å². The maximum atomic E-state index is 10.9. The molecule has 0 aliphatic heterocycles. The SMILES string of the molecule is N[C@@H](CS)C(=O)N[C@H]([C]=O)CO. The molecule has 0 bridgehead atoms. The second kappa shape index (κ2) is 5.99. The number of carbonyl (C=O) groups excluding carboxylic acids is 2. The van der Waals surface area contributed by atoms with E-state index in [2.05, 4.69) is 17.9 Å². The van der Waals surface area contributed by atoms with Gasteiger partial charge >= 0.3 is 0 Å². The number of nitrogens with two attached hydrogens (primary N) is 1. The number of rotatable bonds is 5. The van der Waals surface area contributed by atoms with Crippen molar-refractivity contribution in [2.45, 2.75) is 12.1 Å². The van der Waals surface area contributed by atoms with Crippen LogP contribution in [0.1, 0.15) is 0 Å². The molecule has 0 saturated heterocycles. The van der Waals surface area contributed by atoms with Crippen molar-refractivity contribution >= 4 is 24.8 Å². The summed E-state index contributed by atoms with van der Waals surface area (Å²) in [6, 6.07) is -1.76. The van der Waals surface area contributed by atoms with Gasteiger partial charge in [0.05, 0.1) is 12.6 Å². The Morgan fingerprint density at radius 2 is 2.33 bits per heavy atom. The van der Waals surface area contributed by atoms with Crippen LogP contribution in [0.4, 0.5) is 0 Å². The van der Waals surface area contributed by atoms with Crippen LogP contribution in [0.3, 0.4) is 0 Å². The average Bonchev–Trinajstić information content (AvgIpc) is 2.12. The normalized spacial score (nSPS) is 14.9. The third kappa shape index (κ3) is 3.70. The van der Waals surface area contributed by atoms with Crippen molar-refractivity contribution in [3.8, 4) is 0 Å². The van der Waals surface area contributed by atoms with Gasteiger partial charge < -0.3 is 16.2 Å². The minimum atomic E-state index is -0.997. The summed E-state index contributed by atoms with van der Waals surface area (Å²) in [5, 5.41) is 10.7. The van der Waals surface area contributed by atoms with E-state index in [1.165, 1.54) is 6.29 Å². The number of hydrogen-bond acceptors (Lipinski definition) is 5. The molecule has 0 spiro atoms. The highest BCUT2D eigenvalue weighted by Gasteiger charge is 2.15. The summed E-state index contributed by atoms with van der Waals surface area (Å²) in [6.07, 6.45) is 1.45. The molecule has 0 aromatic rings. The molecule has 1 amide bonds. The number of hydrogen-bond donors (Lipinski definition) is 4. The van der Waals surface area contributed by atoms with E-state index in [1.807, 2.05) is 0 Å². The minimum Gasteiger partial charge on any atom is -0.394 e. The molecule has 0 heterocycles. The molecule has 0 aliphatic carbocycles. The predicted molar refractivity (Wildman–Crippen MR) is 46.5 cm³/mol. The molecular weight excluding hydrogens is 180 g/mol. The van der Waals surface area contributed by atoms with Gasteiger partial charge in [-0.05, 0) is 0 Å². The highest BCUT2D eigenvalue weighted by Crippen LogP contribution is 1.85. The molecule has 69 valence electrons. The lowest BCUT2D eigenvalue weighted by atomic mass is 10.3. The number of aliphatic hydroxyl groups excluding tert-OH is 1. The van der Waals surface area contributed by atoms with Crippen molar-refractivity contribution in [2.75, 3.05) is 12.4 Å². The highest BCUT2D eigenvalue weighted by atomic mass is 32.1. The van der Waals surface area contributed by atoms with Crippen molar-refractivity contribution in [1.82, 2.24) is 5.32 Å². The molecule has 0 aliphatic rings. The van der Waals surface area contributed by atoms with E-state index in [4.69, 9.17) is 10.8 Å². The van der Waals surface area contributed by atoms with Gasteiger partial charge in [-0.25, -0.2) is 0 Å². The van der Waals surface area contributed by atoms with Gasteiger partial charge in [0.1, 0.15) is 6.04 Å². The van der Waals surface area contributed by atoms with E-state index in [0.717, 1.165) is 0 Å². The fraction of sp³-hybridized carbons (Fsp3) is 0.667. The Labute approximate surface area is 75.7 Å². The summed E-state index contributed by atoms with van der Waals surface area (Å²) in [6.45, 7) is -0.478. The predicted octanol–water partition coefficient (Wildman–Crippen LogP) is -2.17. The molecule has 12 heavy (non-hydrogen) atoms. The van der Waals surface area contributed by atoms with Crippen LogP contribution in [0, 0.1) is 0 Å². The fourth-order valence-corrected chi connectivity index (χ4v) is 0.640. The topological polar surface area (TPSA) is 92.4 Å². The van der Waals surface area contributed by atoms with E-state index in [1.54, 1.807) is 0 Å². The standard InChI is InChI=1S/C6H11N2O3S/c7-5(3-12)6(11)8-4(1-9)2-10/h4-5,9,12H,1,3,7H2,(H,8,11)/t4-,5-/m0/s1. The van der Waals surface area contributed by atoms with E-state index in [0.29, 0.717) is 0 Å². The van der Waals surface area contributed by atoms with Crippen LogP contribution in [-0.4, -0.2) is 41.7 Å². The largest absolute Gasteiger partial charge is 0.394 e. The molecule has 0 aromatic carbocycles. The minimum absolute atomic E-state index is 0.183. The summed E-state index contributed by atoms with van der Waals surface area (Å²) >= 11 is 3.79. The third-order valence-electron chi connectivity index (χ3n) is 1.17. The zero-order valence-corrected chi connectivity index (χ0v) is 7.25. The Bertz CT molecular complexity index is 165. The van der Waals surface area contributed by atoms with Gasteiger partial charge in [-0.2, -0.15) is 12.6 Å². The van der Waals surface area contributed by atoms with Gasteiger partial charge in [0.2, 0.25) is 12.2 Å². The molecule has 2 atom stereocenters. The molecule has 0 saturated carbocycles. The number of amides is 1. The number of thiol groups is 1. The summed E-state index contributed by atoms with van der Waals surface area (Å²) in [7, 11) is 0. The number of aliphatic hydroxyl groups is 1. The lowest BCUT2D eigenvalue weighted by Gasteiger charge is -2.12. The van der Waals surface area contributed by atoms with Crippen molar-refractivity contribution in [3.05, 3.63) is 0 Å². The summed E-state index contributed by atoms with van der Waals surface area (Å²) < 4.78 is 0. The Balaban J connectivity index is 3.89.